The lowest BCUT2D eigenvalue weighted by atomic mass is 10.1. The highest BCUT2D eigenvalue weighted by molar-refractivity contribution is 5.67. The molecule has 0 unspecified atom stereocenters. The molecule has 0 atom stereocenters. The fourth-order valence-electron chi connectivity index (χ4n) is 3.08. The van der Waals surface area contributed by atoms with Crippen LogP contribution >= 0.6 is 0 Å². The quantitative estimate of drug-likeness (QED) is 0.867. The predicted molar refractivity (Wildman–Crippen MR) is 87.0 cm³/mol. The highest BCUT2D eigenvalue weighted by Gasteiger charge is 2.23. The maximum absolute atomic E-state index is 6.08. The van der Waals surface area contributed by atoms with Gasteiger partial charge in [-0.15, -0.1) is 0 Å². The maximum Gasteiger partial charge on any atom is 0.137 e. The molecule has 0 radical (unpaired) electrons. The van der Waals surface area contributed by atoms with E-state index in [-0.39, 0.29) is 0 Å². The van der Waals surface area contributed by atoms with Gasteiger partial charge in [-0.2, -0.15) is 0 Å². The van der Waals surface area contributed by atoms with E-state index in [0.717, 1.165) is 56.2 Å². The number of rotatable bonds is 3. The first-order chi connectivity index (χ1) is 10.3. The lowest BCUT2D eigenvalue weighted by Gasteiger charge is -2.39. The van der Waals surface area contributed by atoms with Crippen LogP contribution in [-0.4, -0.2) is 38.2 Å². The number of anilines is 2. The van der Waals surface area contributed by atoms with Gasteiger partial charge in [0.2, 0.25) is 0 Å². The number of benzene rings is 1. The molecule has 1 fully saturated rings. The standard InChI is InChI=1S/C17H23N3O/c1-21-17-9-5-4-8-16(17)20-12-10-19(11-13-20)15-7-3-2-6-14(15)18/h2-3,6-9H,4-5,10-13,18H2,1H3. The first-order valence-electron chi connectivity index (χ1n) is 7.58. The largest absolute Gasteiger partial charge is 0.495 e. The summed E-state index contributed by atoms with van der Waals surface area (Å²) in [4.78, 5) is 4.79. The number of hydrogen-bond donors (Lipinski definition) is 1. The average Bonchev–Trinajstić information content (AvgIpc) is 2.55. The van der Waals surface area contributed by atoms with Crippen LogP contribution in [0.5, 0.6) is 0 Å². The Kier molecular flexibility index (Phi) is 4.04. The zero-order chi connectivity index (χ0) is 14.7. The van der Waals surface area contributed by atoms with Crippen LogP contribution in [0, 0.1) is 0 Å². The highest BCUT2D eigenvalue weighted by Crippen LogP contribution is 2.27. The topological polar surface area (TPSA) is 41.7 Å². The molecule has 4 heteroatoms. The molecule has 1 aliphatic carbocycles. The molecule has 4 nitrogen and oxygen atoms in total. The van der Waals surface area contributed by atoms with Crippen molar-refractivity contribution in [1.29, 1.82) is 0 Å². The maximum atomic E-state index is 6.08. The first-order valence-corrected chi connectivity index (χ1v) is 7.58. The Morgan fingerprint density at radius 3 is 2.33 bits per heavy atom. The van der Waals surface area contributed by atoms with Crippen molar-refractivity contribution in [3.05, 3.63) is 47.9 Å². The number of nitrogens with zero attached hydrogens (tertiary/aromatic N) is 2. The minimum Gasteiger partial charge on any atom is -0.495 e. The Hall–Kier alpha value is -2.10. The fourth-order valence-corrected chi connectivity index (χ4v) is 3.08. The van der Waals surface area contributed by atoms with E-state index in [0.29, 0.717) is 0 Å². The predicted octanol–water partition coefficient (Wildman–Crippen LogP) is 2.60. The van der Waals surface area contributed by atoms with Crippen molar-refractivity contribution >= 4 is 11.4 Å². The van der Waals surface area contributed by atoms with Gasteiger partial charge < -0.3 is 20.3 Å². The normalized spacial score (nSPS) is 19.1. The molecule has 0 bridgehead atoms. The Morgan fingerprint density at radius 2 is 1.62 bits per heavy atom. The summed E-state index contributed by atoms with van der Waals surface area (Å²) in [6, 6.07) is 8.10. The van der Waals surface area contributed by atoms with Gasteiger partial charge in [0.15, 0.2) is 0 Å². The van der Waals surface area contributed by atoms with Gasteiger partial charge in [0.05, 0.1) is 24.2 Å². The van der Waals surface area contributed by atoms with Gasteiger partial charge in [0.1, 0.15) is 5.76 Å². The van der Waals surface area contributed by atoms with Crippen molar-refractivity contribution in [2.24, 2.45) is 0 Å². The molecule has 0 amide bonds. The van der Waals surface area contributed by atoms with Crippen LogP contribution in [0.4, 0.5) is 11.4 Å². The minimum atomic E-state index is 0.861. The summed E-state index contributed by atoms with van der Waals surface area (Å²) in [5.41, 5.74) is 9.34. The Labute approximate surface area is 126 Å². The lowest BCUT2D eigenvalue weighted by molar-refractivity contribution is 0.244. The third kappa shape index (κ3) is 2.84. The molecule has 2 N–H and O–H groups in total. The highest BCUT2D eigenvalue weighted by atomic mass is 16.5. The van der Waals surface area contributed by atoms with Crippen LogP contribution in [-0.2, 0) is 4.74 Å². The third-order valence-electron chi connectivity index (χ3n) is 4.20. The summed E-state index contributed by atoms with van der Waals surface area (Å²) >= 11 is 0. The van der Waals surface area contributed by atoms with Crippen molar-refractivity contribution in [2.45, 2.75) is 12.8 Å². The molecule has 0 saturated carbocycles. The van der Waals surface area contributed by atoms with E-state index in [4.69, 9.17) is 10.5 Å². The van der Waals surface area contributed by atoms with Crippen molar-refractivity contribution in [3.63, 3.8) is 0 Å². The second kappa shape index (κ2) is 6.12. The third-order valence-corrected chi connectivity index (χ3v) is 4.20. The minimum absolute atomic E-state index is 0.861. The summed E-state index contributed by atoms with van der Waals surface area (Å²) < 4.78 is 5.51. The van der Waals surface area contributed by atoms with E-state index < -0.39 is 0 Å². The van der Waals surface area contributed by atoms with Gasteiger partial charge in [0.25, 0.3) is 0 Å². The van der Waals surface area contributed by atoms with E-state index in [1.165, 1.54) is 5.70 Å². The molecule has 2 aliphatic rings. The number of para-hydroxylation sites is 2. The smallest absolute Gasteiger partial charge is 0.137 e. The number of allylic oxidation sites excluding steroid dienone is 2. The Balaban J connectivity index is 1.67. The Bertz CT molecular complexity index is 557. The van der Waals surface area contributed by atoms with E-state index in [2.05, 4.69) is 28.0 Å². The van der Waals surface area contributed by atoms with Gasteiger partial charge in [0, 0.05) is 26.2 Å². The van der Waals surface area contributed by atoms with Gasteiger partial charge in [-0.1, -0.05) is 18.2 Å². The van der Waals surface area contributed by atoms with Crippen LogP contribution in [0.2, 0.25) is 0 Å². The lowest BCUT2D eigenvalue weighted by Crippen LogP contribution is -2.46. The number of ether oxygens (including phenoxy) is 1. The molecule has 0 spiro atoms. The molecule has 1 heterocycles. The molecular weight excluding hydrogens is 262 g/mol. The van der Waals surface area contributed by atoms with Crippen molar-refractivity contribution < 1.29 is 4.74 Å². The molecule has 1 aromatic carbocycles. The first kappa shape index (κ1) is 13.9. The van der Waals surface area contributed by atoms with E-state index in [9.17, 15) is 0 Å². The zero-order valence-corrected chi connectivity index (χ0v) is 12.6. The number of hydrogen-bond acceptors (Lipinski definition) is 4. The fraction of sp³-hybridized carbons (Fsp3) is 0.412. The molecule has 1 aromatic rings. The van der Waals surface area contributed by atoms with Crippen molar-refractivity contribution in [3.8, 4) is 0 Å². The van der Waals surface area contributed by atoms with Crippen LogP contribution in [0.1, 0.15) is 12.8 Å². The summed E-state index contributed by atoms with van der Waals surface area (Å²) in [6.45, 7) is 3.98. The van der Waals surface area contributed by atoms with Crippen LogP contribution in [0.15, 0.2) is 47.9 Å². The summed E-state index contributed by atoms with van der Waals surface area (Å²) in [6.07, 6.45) is 6.67. The second-order valence-electron chi connectivity index (χ2n) is 5.47. The number of nitrogens with two attached hydrogens (primary N) is 1. The molecule has 3 rings (SSSR count). The Morgan fingerprint density at radius 1 is 0.952 bits per heavy atom. The van der Waals surface area contributed by atoms with E-state index in [1.807, 2.05) is 18.2 Å². The summed E-state index contributed by atoms with van der Waals surface area (Å²) in [5.74, 6) is 1.02. The van der Waals surface area contributed by atoms with Crippen molar-refractivity contribution in [1.82, 2.24) is 4.90 Å². The number of piperazine rings is 1. The number of methoxy groups -OCH3 is 1. The molecule has 112 valence electrons. The van der Waals surface area contributed by atoms with Crippen LogP contribution < -0.4 is 10.6 Å². The van der Waals surface area contributed by atoms with E-state index >= 15 is 0 Å². The molecular formula is C17H23N3O. The molecule has 1 saturated heterocycles. The summed E-state index contributed by atoms with van der Waals surface area (Å²) in [5, 5.41) is 0. The van der Waals surface area contributed by atoms with Crippen LogP contribution in [0.3, 0.4) is 0 Å². The SMILES string of the molecule is COC1=CCCC=C1N1CCN(c2ccccc2N)CC1. The molecule has 21 heavy (non-hydrogen) atoms. The van der Waals surface area contributed by atoms with Crippen LogP contribution in [0.25, 0.3) is 0 Å². The average molecular weight is 285 g/mol. The molecule has 0 aromatic heterocycles. The zero-order valence-electron chi connectivity index (χ0n) is 12.6. The summed E-state index contributed by atoms with van der Waals surface area (Å²) in [7, 11) is 1.76. The van der Waals surface area contributed by atoms with Gasteiger partial charge in [-0.3, -0.25) is 0 Å². The monoisotopic (exact) mass is 285 g/mol. The van der Waals surface area contributed by atoms with Gasteiger partial charge in [-0.25, -0.2) is 0 Å². The second-order valence-corrected chi connectivity index (χ2v) is 5.47. The van der Waals surface area contributed by atoms with E-state index in [1.54, 1.807) is 7.11 Å². The van der Waals surface area contributed by atoms with Crippen molar-refractivity contribution in [2.75, 3.05) is 43.9 Å². The number of nitrogen functional groups attached to an aromatic ring is 1. The van der Waals surface area contributed by atoms with Gasteiger partial charge >= 0.3 is 0 Å². The van der Waals surface area contributed by atoms with Gasteiger partial charge in [-0.05, 0) is 31.1 Å². The molecule has 1 aliphatic heterocycles.